The van der Waals surface area contributed by atoms with Gasteiger partial charge in [-0.1, -0.05) is 11.3 Å². The van der Waals surface area contributed by atoms with Gasteiger partial charge in [-0.25, -0.2) is 22.4 Å². The number of hydrogen-bond acceptors (Lipinski definition) is 8. The molecule has 2 saturated heterocycles. The Bertz CT molecular complexity index is 1420. The van der Waals surface area contributed by atoms with Gasteiger partial charge in [0.25, 0.3) is 5.92 Å². The maximum atomic E-state index is 14.7. The Hall–Kier alpha value is -3.45. The minimum absolute atomic E-state index is 0.0181. The third kappa shape index (κ3) is 3.91. The summed E-state index contributed by atoms with van der Waals surface area (Å²) in [5.41, 5.74) is 3.50. The van der Waals surface area contributed by atoms with E-state index in [0.717, 1.165) is 11.1 Å². The van der Waals surface area contributed by atoms with Crippen LogP contribution in [0.1, 0.15) is 6.92 Å². The van der Waals surface area contributed by atoms with Crippen LogP contribution in [0.15, 0.2) is 30.5 Å². The first kappa shape index (κ1) is 23.0. The smallest absolute Gasteiger partial charge is 0.281 e. The van der Waals surface area contributed by atoms with Gasteiger partial charge in [0.05, 0.1) is 45.0 Å². The fourth-order valence-corrected chi connectivity index (χ4v) is 4.77. The van der Waals surface area contributed by atoms with Crippen LogP contribution in [0.25, 0.3) is 27.7 Å². The molecule has 0 radical (unpaired) electrons. The number of ether oxygens (including phenoxy) is 2. The summed E-state index contributed by atoms with van der Waals surface area (Å²) < 4.78 is 56.8. The van der Waals surface area contributed by atoms with Gasteiger partial charge in [0.2, 0.25) is 11.8 Å². The molecular formula is C23H25F3N8O2. The van der Waals surface area contributed by atoms with Crippen LogP contribution >= 0.6 is 0 Å². The average Bonchev–Trinajstić information content (AvgIpc) is 3.47. The van der Waals surface area contributed by atoms with Crippen LogP contribution < -0.4 is 10.1 Å². The fraction of sp³-hybridized carbons (Fsp3) is 0.478. The molecule has 6 rings (SSSR count). The van der Waals surface area contributed by atoms with Crippen molar-refractivity contribution in [2.45, 2.75) is 37.6 Å². The first-order chi connectivity index (χ1) is 17.3. The number of nitrogens with one attached hydrogen (secondary N) is 1. The number of halogens is 3. The summed E-state index contributed by atoms with van der Waals surface area (Å²) in [6.07, 6.45) is 0.642. The van der Waals surface area contributed by atoms with E-state index < -0.39 is 18.1 Å². The van der Waals surface area contributed by atoms with Crippen LogP contribution in [0.5, 0.6) is 5.88 Å². The predicted molar refractivity (Wildman–Crippen MR) is 125 cm³/mol. The highest BCUT2D eigenvalue weighted by Crippen LogP contribution is 2.35. The van der Waals surface area contributed by atoms with Crippen LogP contribution in [0, 0.1) is 0 Å². The molecule has 2 aliphatic heterocycles. The molecule has 4 aromatic rings. The number of aromatic nitrogens is 6. The molecule has 0 spiro atoms. The minimum Gasteiger partial charge on any atom is -0.479 e. The number of nitrogens with zero attached hydrogens (tertiary/aromatic N) is 7. The Balaban J connectivity index is 1.33. The Labute approximate surface area is 204 Å². The van der Waals surface area contributed by atoms with Gasteiger partial charge in [0, 0.05) is 18.3 Å². The molecule has 0 bridgehead atoms. The topological polar surface area (TPSA) is 94.6 Å². The van der Waals surface area contributed by atoms with E-state index in [1.807, 2.05) is 24.3 Å². The lowest BCUT2D eigenvalue weighted by atomic mass is 10.1. The van der Waals surface area contributed by atoms with Gasteiger partial charge in [-0.05, 0) is 30.7 Å². The highest BCUT2D eigenvalue weighted by atomic mass is 19.3. The number of rotatable bonds is 7. The minimum atomic E-state index is -2.94. The van der Waals surface area contributed by atoms with Crippen molar-refractivity contribution in [3.63, 3.8) is 0 Å². The highest BCUT2D eigenvalue weighted by Gasteiger charge is 2.51. The van der Waals surface area contributed by atoms with Crippen LogP contribution in [-0.2, 0) is 11.3 Å². The molecule has 5 heterocycles. The molecule has 0 amide bonds. The van der Waals surface area contributed by atoms with Crippen molar-refractivity contribution >= 4 is 22.5 Å². The number of likely N-dealkylation sites (tertiary alicyclic amines) is 1. The van der Waals surface area contributed by atoms with E-state index in [1.54, 1.807) is 15.6 Å². The van der Waals surface area contributed by atoms with Gasteiger partial charge in [-0.15, -0.1) is 10.2 Å². The summed E-state index contributed by atoms with van der Waals surface area (Å²) in [5.74, 6) is -2.65. The molecule has 10 nitrogen and oxygen atoms in total. The van der Waals surface area contributed by atoms with Gasteiger partial charge in [-0.2, -0.15) is 4.98 Å². The van der Waals surface area contributed by atoms with Crippen LogP contribution in [0.3, 0.4) is 0 Å². The Morgan fingerprint density at radius 1 is 1.28 bits per heavy atom. The second-order valence-corrected chi connectivity index (χ2v) is 9.30. The summed E-state index contributed by atoms with van der Waals surface area (Å²) in [5, 5.41) is 15.4. The second kappa shape index (κ2) is 8.59. The summed E-state index contributed by atoms with van der Waals surface area (Å²) >= 11 is 0. The zero-order valence-electron chi connectivity index (χ0n) is 19.7. The standard InChI is InChI=1S/C23H25F3N8O2/c1-13(24)8-34-18-7-14(3-4-17(18)29-31-34)16-5-6-33-20(16)21(35-2)28-22(30-33)27-19-9-32(12-23(19,25)26)15-10-36-11-15/h3-7,13,15,19H,8-12H2,1-2H3,(H,27,30)/t13-,19-/m1/s1. The molecule has 1 aromatic carbocycles. The summed E-state index contributed by atoms with van der Waals surface area (Å²) in [7, 11) is 1.47. The molecule has 0 saturated carbocycles. The average molecular weight is 503 g/mol. The van der Waals surface area contributed by atoms with Crippen molar-refractivity contribution in [1.29, 1.82) is 0 Å². The Kier molecular flexibility index (Phi) is 5.48. The number of fused-ring (bicyclic) bond motifs is 2. The van der Waals surface area contributed by atoms with E-state index in [4.69, 9.17) is 9.47 Å². The molecule has 2 fully saturated rings. The SMILES string of the molecule is COc1nc(N[C@@H]2CN(C3COC3)CC2(F)F)nn2ccc(-c3ccc4nnn(C[C@@H](C)F)c4c3)c12. The zero-order valence-corrected chi connectivity index (χ0v) is 19.7. The molecular weight excluding hydrogens is 477 g/mol. The normalized spacial score (nSPS) is 21.2. The van der Waals surface area contributed by atoms with E-state index in [2.05, 4.69) is 25.7 Å². The lowest BCUT2D eigenvalue weighted by Crippen LogP contribution is -2.48. The maximum Gasteiger partial charge on any atom is 0.281 e. The molecule has 3 aromatic heterocycles. The highest BCUT2D eigenvalue weighted by molar-refractivity contribution is 5.89. The Morgan fingerprint density at radius 2 is 2.11 bits per heavy atom. The summed E-state index contributed by atoms with van der Waals surface area (Å²) in [6.45, 7) is 2.34. The Morgan fingerprint density at radius 3 is 2.83 bits per heavy atom. The number of benzene rings is 1. The van der Waals surface area contributed by atoms with Gasteiger partial charge >= 0.3 is 0 Å². The molecule has 2 atom stereocenters. The number of anilines is 1. The van der Waals surface area contributed by atoms with E-state index in [1.165, 1.54) is 18.7 Å². The third-order valence-corrected chi connectivity index (χ3v) is 6.70. The van der Waals surface area contributed by atoms with Crippen molar-refractivity contribution < 1.29 is 22.6 Å². The van der Waals surface area contributed by atoms with E-state index >= 15 is 0 Å². The largest absolute Gasteiger partial charge is 0.479 e. The molecule has 190 valence electrons. The van der Waals surface area contributed by atoms with Gasteiger partial charge in [0.1, 0.15) is 23.2 Å². The first-order valence-corrected chi connectivity index (χ1v) is 11.7. The zero-order chi connectivity index (χ0) is 25.0. The van der Waals surface area contributed by atoms with Crippen molar-refractivity contribution in [1.82, 2.24) is 34.5 Å². The van der Waals surface area contributed by atoms with Crippen molar-refractivity contribution in [3.8, 4) is 17.0 Å². The molecule has 1 N–H and O–H groups in total. The lowest BCUT2D eigenvalue weighted by Gasteiger charge is -2.34. The third-order valence-electron chi connectivity index (χ3n) is 6.70. The van der Waals surface area contributed by atoms with Crippen LogP contribution in [0.2, 0.25) is 0 Å². The number of alkyl halides is 3. The maximum absolute atomic E-state index is 14.7. The monoisotopic (exact) mass is 502 g/mol. The van der Waals surface area contributed by atoms with Crippen molar-refractivity contribution in [3.05, 3.63) is 30.5 Å². The van der Waals surface area contributed by atoms with Crippen molar-refractivity contribution in [2.24, 2.45) is 0 Å². The van der Waals surface area contributed by atoms with E-state index in [-0.39, 0.29) is 37.5 Å². The van der Waals surface area contributed by atoms with Gasteiger partial charge in [0.15, 0.2) is 0 Å². The second-order valence-electron chi connectivity index (χ2n) is 9.30. The fourth-order valence-electron chi connectivity index (χ4n) is 4.77. The van der Waals surface area contributed by atoms with Crippen LogP contribution in [0.4, 0.5) is 19.1 Å². The molecule has 2 aliphatic rings. The first-order valence-electron chi connectivity index (χ1n) is 11.7. The van der Waals surface area contributed by atoms with Crippen molar-refractivity contribution in [2.75, 3.05) is 38.7 Å². The number of methoxy groups -OCH3 is 1. The predicted octanol–water partition coefficient (Wildman–Crippen LogP) is 2.64. The molecule has 13 heteroatoms. The summed E-state index contributed by atoms with van der Waals surface area (Å²) in [6, 6.07) is 6.28. The van der Waals surface area contributed by atoms with E-state index in [9.17, 15) is 13.2 Å². The lowest BCUT2D eigenvalue weighted by molar-refractivity contribution is -0.0711. The van der Waals surface area contributed by atoms with Gasteiger partial charge < -0.3 is 14.8 Å². The van der Waals surface area contributed by atoms with Crippen LogP contribution in [-0.4, -0.2) is 92.1 Å². The molecule has 0 aliphatic carbocycles. The molecule has 36 heavy (non-hydrogen) atoms. The number of hydrogen-bond donors (Lipinski definition) is 1. The quantitative estimate of drug-likeness (QED) is 0.412. The van der Waals surface area contributed by atoms with Gasteiger partial charge in [-0.3, -0.25) is 4.90 Å². The molecule has 0 unspecified atom stereocenters. The summed E-state index contributed by atoms with van der Waals surface area (Å²) in [4.78, 5) is 6.14. The van der Waals surface area contributed by atoms with E-state index in [0.29, 0.717) is 29.8 Å².